The van der Waals surface area contributed by atoms with Crippen LogP contribution < -0.4 is 5.32 Å². The average molecular weight is 355 g/mol. The molecule has 2 aliphatic rings. The second kappa shape index (κ2) is 8.01. The molecule has 2 aromatic rings. The van der Waals surface area contributed by atoms with Gasteiger partial charge in [-0.2, -0.15) is 0 Å². The SMILES string of the molecule is O=C(Nc1cccc2cccnc12)N(C[C@@H]1CCCO1)C[C@@H]1CCCO1. The molecule has 3 heterocycles. The third-order valence-corrected chi connectivity index (χ3v) is 5.06. The molecule has 0 bridgehead atoms. The Balaban J connectivity index is 1.50. The van der Waals surface area contributed by atoms with E-state index in [-0.39, 0.29) is 18.2 Å². The van der Waals surface area contributed by atoms with Gasteiger partial charge in [0.1, 0.15) is 0 Å². The Hall–Kier alpha value is -2.18. The number of carbonyl (C=O) groups excluding carboxylic acids is 1. The fourth-order valence-corrected chi connectivity index (χ4v) is 3.71. The van der Waals surface area contributed by atoms with E-state index in [2.05, 4.69) is 10.3 Å². The number of amides is 2. The van der Waals surface area contributed by atoms with Gasteiger partial charge in [0.05, 0.1) is 23.4 Å². The monoisotopic (exact) mass is 355 g/mol. The zero-order chi connectivity index (χ0) is 17.8. The van der Waals surface area contributed by atoms with Crippen LogP contribution in [0.2, 0.25) is 0 Å². The maximum absolute atomic E-state index is 13.0. The minimum absolute atomic E-state index is 0.117. The first-order valence-corrected chi connectivity index (χ1v) is 9.42. The Morgan fingerprint density at radius 1 is 1.08 bits per heavy atom. The number of anilines is 1. The molecule has 1 aromatic heterocycles. The molecule has 2 atom stereocenters. The maximum atomic E-state index is 13.0. The highest BCUT2D eigenvalue weighted by Gasteiger charge is 2.27. The smallest absolute Gasteiger partial charge is 0.322 e. The van der Waals surface area contributed by atoms with Gasteiger partial charge in [0, 0.05) is 37.9 Å². The molecule has 4 rings (SSSR count). The number of urea groups is 1. The first-order valence-electron chi connectivity index (χ1n) is 9.42. The molecule has 2 fully saturated rings. The highest BCUT2D eigenvalue weighted by Crippen LogP contribution is 2.22. The molecule has 6 nitrogen and oxygen atoms in total. The Morgan fingerprint density at radius 3 is 2.42 bits per heavy atom. The number of rotatable bonds is 5. The number of pyridine rings is 1. The molecule has 2 aliphatic heterocycles. The van der Waals surface area contributed by atoms with E-state index in [0.29, 0.717) is 13.1 Å². The normalized spacial score (nSPS) is 22.6. The first-order chi connectivity index (χ1) is 12.8. The largest absolute Gasteiger partial charge is 0.376 e. The summed E-state index contributed by atoms with van der Waals surface area (Å²) in [5.74, 6) is 0. The molecule has 138 valence electrons. The van der Waals surface area contributed by atoms with Crippen molar-refractivity contribution in [1.82, 2.24) is 9.88 Å². The van der Waals surface area contributed by atoms with Crippen molar-refractivity contribution in [2.45, 2.75) is 37.9 Å². The van der Waals surface area contributed by atoms with Crippen molar-refractivity contribution in [1.29, 1.82) is 0 Å². The van der Waals surface area contributed by atoms with E-state index in [9.17, 15) is 4.79 Å². The summed E-state index contributed by atoms with van der Waals surface area (Å²) < 4.78 is 11.5. The lowest BCUT2D eigenvalue weighted by atomic mass is 10.2. The third kappa shape index (κ3) is 3.97. The molecule has 0 unspecified atom stereocenters. The summed E-state index contributed by atoms with van der Waals surface area (Å²) in [6.45, 7) is 2.77. The Kier molecular flexibility index (Phi) is 5.32. The highest BCUT2D eigenvalue weighted by atomic mass is 16.5. The van der Waals surface area contributed by atoms with Crippen LogP contribution in [-0.2, 0) is 9.47 Å². The van der Waals surface area contributed by atoms with E-state index < -0.39 is 0 Å². The van der Waals surface area contributed by atoms with Crippen molar-refractivity contribution < 1.29 is 14.3 Å². The van der Waals surface area contributed by atoms with Crippen molar-refractivity contribution in [3.8, 4) is 0 Å². The number of benzene rings is 1. The Morgan fingerprint density at radius 2 is 1.77 bits per heavy atom. The molecular formula is C20H25N3O3. The fraction of sp³-hybridized carbons (Fsp3) is 0.500. The first kappa shape index (κ1) is 17.2. The second-order valence-electron chi connectivity index (χ2n) is 6.99. The topological polar surface area (TPSA) is 63.7 Å². The summed E-state index contributed by atoms with van der Waals surface area (Å²) in [5.41, 5.74) is 1.54. The predicted octanol–water partition coefficient (Wildman–Crippen LogP) is 3.43. The van der Waals surface area contributed by atoms with Crippen molar-refractivity contribution in [2.75, 3.05) is 31.6 Å². The van der Waals surface area contributed by atoms with Crippen LogP contribution in [0.15, 0.2) is 36.5 Å². The molecular weight excluding hydrogens is 330 g/mol. The maximum Gasteiger partial charge on any atom is 0.322 e. The molecule has 0 spiro atoms. The standard InChI is InChI=1S/C20H25N3O3/c24-20(22-18-9-1-5-15-6-2-10-21-19(15)18)23(13-16-7-3-11-25-16)14-17-8-4-12-26-17/h1-2,5-6,9-10,16-17H,3-4,7-8,11-14H2,(H,22,24)/t16-,17-/m0/s1. The number of fused-ring (bicyclic) bond motifs is 1. The quantitative estimate of drug-likeness (QED) is 0.892. The minimum atomic E-state index is -0.117. The van der Waals surface area contributed by atoms with Crippen molar-refractivity contribution in [3.63, 3.8) is 0 Å². The number of ether oxygens (including phenoxy) is 2. The van der Waals surface area contributed by atoms with Crippen molar-refractivity contribution >= 4 is 22.6 Å². The number of hydrogen-bond acceptors (Lipinski definition) is 4. The van der Waals surface area contributed by atoms with Crippen LogP contribution in [0.1, 0.15) is 25.7 Å². The van der Waals surface area contributed by atoms with Crippen LogP contribution in [0.3, 0.4) is 0 Å². The molecule has 2 saturated heterocycles. The number of nitrogens with zero attached hydrogens (tertiary/aromatic N) is 2. The average Bonchev–Trinajstić information content (AvgIpc) is 3.35. The van der Waals surface area contributed by atoms with Gasteiger partial charge in [0.15, 0.2) is 0 Å². The highest BCUT2D eigenvalue weighted by molar-refractivity contribution is 5.99. The third-order valence-electron chi connectivity index (χ3n) is 5.06. The number of hydrogen-bond donors (Lipinski definition) is 1. The van der Waals surface area contributed by atoms with Gasteiger partial charge in [0.25, 0.3) is 0 Å². The molecule has 1 aromatic carbocycles. The molecule has 0 aliphatic carbocycles. The van der Waals surface area contributed by atoms with Crippen LogP contribution >= 0.6 is 0 Å². The van der Waals surface area contributed by atoms with Gasteiger partial charge < -0.3 is 19.7 Å². The van der Waals surface area contributed by atoms with Crippen LogP contribution in [0.4, 0.5) is 10.5 Å². The van der Waals surface area contributed by atoms with Crippen LogP contribution in [0, 0.1) is 0 Å². The zero-order valence-electron chi connectivity index (χ0n) is 14.9. The lowest BCUT2D eigenvalue weighted by Gasteiger charge is -2.28. The lowest BCUT2D eigenvalue weighted by Crippen LogP contribution is -2.44. The molecule has 6 heteroatoms. The summed E-state index contributed by atoms with van der Waals surface area (Å²) in [5, 5.41) is 4.06. The fourth-order valence-electron chi connectivity index (χ4n) is 3.71. The van der Waals surface area contributed by atoms with E-state index in [1.54, 1.807) is 6.20 Å². The van der Waals surface area contributed by atoms with Gasteiger partial charge in [-0.05, 0) is 37.8 Å². The summed E-state index contributed by atoms with van der Waals surface area (Å²) >= 11 is 0. The van der Waals surface area contributed by atoms with Gasteiger partial charge in [-0.15, -0.1) is 0 Å². The van der Waals surface area contributed by atoms with Gasteiger partial charge in [-0.1, -0.05) is 18.2 Å². The van der Waals surface area contributed by atoms with E-state index in [4.69, 9.17) is 9.47 Å². The van der Waals surface area contributed by atoms with Crippen LogP contribution in [0.5, 0.6) is 0 Å². The second-order valence-corrected chi connectivity index (χ2v) is 6.99. The summed E-state index contributed by atoms with van der Waals surface area (Å²) in [6.07, 6.45) is 6.12. The van der Waals surface area contributed by atoms with Crippen molar-refractivity contribution in [3.05, 3.63) is 36.5 Å². The molecule has 26 heavy (non-hydrogen) atoms. The predicted molar refractivity (Wildman–Crippen MR) is 100 cm³/mol. The minimum Gasteiger partial charge on any atom is -0.376 e. The zero-order valence-corrected chi connectivity index (χ0v) is 14.9. The summed E-state index contributed by atoms with van der Waals surface area (Å²) in [4.78, 5) is 19.3. The molecule has 0 radical (unpaired) electrons. The number of aromatic nitrogens is 1. The lowest BCUT2D eigenvalue weighted by molar-refractivity contribution is 0.0524. The van der Waals surface area contributed by atoms with Crippen LogP contribution in [0.25, 0.3) is 10.9 Å². The van der Waals surface area contributed by atoms with E-state index >= 15 is 0 Å². The van der Waals surface area contributed by atoms with E-state index in [1.807, 2.05) is 35.2 Å². The van der Waals surface area contributed by atoms with Gasteiger partial charge in [-0.3, -0.25) is 4.98 Å². The summed E-state index contributed by atoms with van der Waals surface area (Å²) in [6, 6.07) is 9.60. The molecule has 1 N–H and O–H groups in total. The van der Waals surface area contributed by atoms with E-state index in [0.717, 1.165) is 55.5 Å². The molecule has 2 amide bonds. The number of carbonyl (C=O) groups is 1. The van der Waals surface area contributed by atoms with Gasteiger partial charge in [-0.25, -0.2) is 4.79 Å². The molecule has 0 saturated carbocycles. The van der Waals surface area contributed by atoms with Gasteiger partial charge >= 0.3 is 6.03 Å². The summed E-state index contributed by atoms with van der Waals surface area (Å²) in [7, 11) is 0. The van der Waals surface area contributed by atoms with Crippen LogP contribution in [-0.4, -0.2) is 54.4 Å². The van der Waals surface area contributed by atoms with Crippen molar-refractivity contribution in [2.24, 2.45) is 0 Å². The number of para-hydroxylation sites is 1. The Bertz CT molecular complexity index is 732. The van der Waals surface area contributed by atoms with Gasteiger partial charge in [0.2, 0.25) is 0 Å². The number of nitrogens with one attached hydrogen (secondary N) is 1. The Labute approximate surface area is 153 Å². The van der Waals surface area contributed by atoms with E-state index in [1.165, 1.54) is 0 Å².